The number of nitrogens with zero attached hydrogens (tertiary/aromatic N) is 1. The molecule has 1 aromatic carbocycles. The van der Waals surface area contributed by atoms with Crippen LogP contribution in [-0.2, 0) is 16.6 Å². The van der Waals surface area contributed by atoms with Crippen molar-refractivity contribution < 1.29 is 17.5 Å². The predicted octanol–water partition coefficient (Wildman–Crippen LogP) is 1.13. The second-order valence-electron chi connectivity index (χ2n) is 4.28. The highest BCUT2D eigenvalue weighted by Gasteiger charge is 2.24. The van der Waals surface area contributed by atoms with E-state index < -0.39 is 15.8 Å². The summed E-state index contributed by atoms with van der Waals surface area (Å²) in [5.41, 5.74) is 5.76. The Morgan fingerprint density at radius 3 is 2.81 bits per heavy atom. The molecule has 0 saturated heterocycles. The van der Waals surface area contributed by atoms with Crippen LogP contribution in [0.3, 0.4) is 0 Å². The predicted molar refractivity (Wildman–Crippen MR) is 75.0 cm³/mol. The van der Waals surface area contributed by atoms with E-state index in [-0.39, 0.29) is 22.8 Å². The molecular formula is C12H15FN4O3S. The third-order valence-electron chi connectivity index (χ3n) is 2.84. The van der Waals surface area contributed by atoms with Gasteiger partial charge in [0.1, 0.15) is 16.5 Å². The van der Waals surface area contributed by atoms with Crippen LogP contribution in [0.25, 0.3) is 0 Å². The van der Waals surface area contributed by atoms with Gasteiger partial charge in [0.2, 0.25) is 0 Å². The van der Waals surface area contributed by atoms with Gasteiger partial charge in [-0.3, -0.25) is 9.82 Å². The summed E-state index contributed by atoms with van der Waals surface area (Å²) in [6.45, 7) is 1.49. The van der Waals surface area contributed by atoms with Crippen LogP contribution in [0.1, 0.15) is 11.4 Å². The summed E-state index contributed by atoms with van der Waals surface area (Å²) in [5.74, 6) is -0.383. The van der Waals surface area contributed by atoms with Crippen molar-refractivity contribution in [1.29, 1.82) is 0 Å². The molecule has 1 aromatic heterocycles. The first-order valence-electron chi connectivity index (χ1n) is 5.99. The molecule has 0 spiro atoms. The number of ether oxygens (including phenoxy) is 1. The number of hydrogen-bond acceptors (Lipinski definition) is 5. The van der Waals surface area contributed by atoms with Gasteiger partial charge in [-0.15, -0.1) is 0 Å². The quantitative estimate of drug-likeness (QED) is 0.766. The van der Waals surface area contributed by atoms with E-state index in [4.69, 9.17) is 10.5 Å². The average molecular weight is 314 g/mol. The summed E-state index contributed by atoms with van der Waals surface area (Å²) < 4.78 is 45.6. The second-order valence-corrected chi connectivity index (χ2v) is 5.90. The number of aryl methyl sites for hydroxylation is 1. The monoisotopic (exact) mass is 314 g/mol. The van der Waals surface area contributed by atoms with E-state index in [0.717, 1.165) is 6.07 Å². The van der Waals surface area contributed by atoms with Crippen molar-refractivity contribution in [1.82, 2.24) is 10.2 Å². The summed E-state index contributed by atoms with van der Waals surface area (Å²) >= 11 is 0. The lowest BCUT2D eigenvalue weighted by atomic mass is 10.3. The third-order valence-corrected chi connectivity index (χ3v) is 4.41. The van der Waals surface area contributed by atoms with Gasteiger partial charge in [0.05, 0.1) is 24.2 Å². The lowest BCUT2D eigenvalue weighted by molar-refractivity contribution is 0.414. The Bertz CT molecular complexity index is 758. The van der Waals surface area contributed by atoms with Crippen LogP contribution in [-0.4, -0.2) is 25.7 Å². The van der Waals surface area contributed by atoms with E-state index in [9.17, 15) is 12.8 Å². The molecule has 2 aromatic rings. The molecule has 0 atom stereocenters. The minimum absolute atomic E-state index is 0.0544. The van der Waals surface area contributed by atoms with E-state index in [1.165, 1.54) is 19.2 Å². The Morgan fingerprint density at radius 2 is 2.19 bits per heavy atom. The van der Waals surface area contributed by atoms with Crippen molar-refractivity contribution >= 4 is 15.7 Å². The molecule has 9 heteroatoms. The fourth-order valence-corrected chi connectivity index (χ4v) is 3.31. The van der Waals surface area contributed by atoms with Crippen molar-refractivity contribution in [3.8, 4) is 5.75 Å². The molecular weight excluding hydrogens is 299 g/mol. The Kier molecular flexibility index (Phi) is 4.14. The molecule has 114 valence electrons. The highest BCUT2D eigenvalue weighted by atomic mass is 32.2. The third kappa shape index (κ3) is 2.98. The minimum atomic E-state index is -4.01. The molecule has 2 rings (SSSR count). The molecule has 7 nitrogen and oxygen atoms in total. The molecule has 0 aliphatic rings. The van der Waals surface area contributed by atoms with Gasteiger partial charge in [0.25, 0.3) is 10.0 Å². The van der Waals surface area contributed by atoms with Crippen LogP contribution in [0.5, 0.6) is 5.75 Å². The molecule has 0 aliphatic carbocycles. The number of nitrogens with one attached hydrogen (secondary N) is 2. The Morgan fingerprint density at radius 1 is 1.48 bits per heavy atom. The van der Waals surface area contributed by atoms with Crippen LogP contribution in [0.15, 0.2) is 23.1 Å². The van der Waals surface area contributed by atoms with E-state index >= 15 is 0 Å². The largest absolute Gasteiger partial charge is 0.497 e. The lowest BCUT2D eigenvalue weighted by Gasteiger charge is -2.10. The topological polar surface area (TPSA) is 110 Å². The zero-order chi connectivity index (χ0) is 15.6. The summed E-state index contributed by atoms with van der Waals surface area (Å²) in [4.78, 5) is -0.0766. The van der Waals surface area contributed by atoms with Crippen molar-refractivity contribution in [2.75, 3.05) is 11.8 Å². The second kappa shape index (κ2) is 5.70. The maximum Gasteiger partial charge on any atom is 0.265 e. The normalized spacial score (nSPS) is 11.4. The molecule has 0 unspecified atom stereocenters. The van der Waals surface area contributed by atoms with Gasteiger partial charge in [0, 0.05) is 12.6 Å². The van der Waals surface area contributed by atoms with E-state index in [2.05, 4.69) is 14.9 Å². The number of sulfonamides is 1. The van der Waals surface area contributed by atoms with E-state index in [0.29, 0.717) is 11.4 Å². The molecule has 4 N–H and O–H groups in total. The molecule has 0 bridgehead atoms. The number of rotatable bonds is 5. The molecule has 0 radical (unpaired) electrons. The summed E-state index contributed by atoms with van der Waals surface area (Å²) in [7, 11) is -2.61. The van der Waals surface area contributed by atoms with Crippen molar-refractivity contribution in [3.63, 3.8) is 0 Å². The van der Waals surface area contributed by atoms with Crippen LogP contribution in [0, 0.1) is 12.7 Å². The molecule has 0 amide bonds. The summed E-state index contributed by atoms with van der Waals surface area (Å²) in [6, 6.07) is 3.76. The van der Waals surface area contributed by atoms with Crippen LogP contribution < -0.4 is 15.2 Å². The van der Waals surface area contributed by atoms with Crippen molar-refractivity contribution in [3.05, 3.63) is 35.4 Å². The van der Waals surface area contributed by atoms with Crippen LogP contribution in [0.2, 0.25) is 0 Å². The number of aromatic nitrogens is 2. The Balaban J connectivity index is 2.44. The number of methoxy groups -OCH3 is 1. The minimum Gasteiger partial charge on any atom is -0.497 e. The van der Waals surface area contributed by atoms with Crippen molar-refractivity contribution in [2.45, 2.75) is 18.4 Å². The first kappa shape index (κ1) is 15.3. The maximum atomic E-state index is 13.7. The molecule has 0 aliphatic heterocycles. The number of H-pyrrole nitrogens is 1. The molecule has 21 heavy (non-hydrogen) atoms. The summed E-state index contributed by atoms with van der Waals surface area (Å²) in [6.07, 6.45) is 0. The first-order chi connectivity index (χ1) is 9.89. The number of nitrogens with two attached hydrogens (primary N) is 1. The van der Waals surface area contributed by atoms with E-state index in [1.54, 1.807) is 6.92 Å². The number of benzene rings is 1. The van der Waals surface area contributed by atoms with Gasteiger partial charge in [-0.05, 0) is 19.1 Å². The molecule has 0 saturated carbocycles. The molecule has 0 fully saturated rings. The van der Waals surface area contributed by atoms with Gasteiger partial charge in [-0.2, -0.15) is 5.10 Å². The zero-order valence-electron chi connectivity index (χ0n) is 11.5. The van der Waals surface area contributed by atoms with Crippen LogP contribution >= 0.6 is 0 Å². The maximum absolute atomic E-state index is 13.7. The smallest absolute Gasteiger partial charge is 0.265 e. The van der Waals surface area contributed by atoms with Gasteiger partial charge in [-0.1, -0.05) is 0 Å². The van der Waals surface area contributed by atoms with Gasteiger partial charge >= 0.3 is 0 Å². The fourth-order valence-electron chi connectivity index (χ4n) is 1.87. The highest BCUT2D eigenvalue weighted by Crippen LogP contribution is 2.26. The Hall–Kier alpha value is -2.13. The highest BCUT2D eigenvalue weighted by molar-refractivity contribution is 7.92. The fraction of sp³-hybridized carbons (Fsp3) is 0.250. The average Bonchev–Trinajstić information content (AvgIpc) is 2.83. The van der Waals surface area contributed by atoms with E-state index in [1.807, 2.05) is 0 Å². The van der Waals surface area contributed by atoms with Crippen molar-refractivity contribution in [2.24, 2.45) is 5.73 Å². The summed E-state index contributed by atoms with van der Waals surface area (Å²) in [5, 5.41) is 6.36. The number of anilines is 1. The number of aromatic amines is 1. The standard InChI is InChI=1S/C12H15FN4O3S/c1-7-12(11(6-14)16-15-7)21(18,19)17-10-5-8(20-2)3-4-9(10)13/h3-5,17H,6,14H2,1-2H3,(H,15,16). The zero-order valence-corrected chi connectivity index (χ0v) is 12.3. The Labute approximate surface area is 121 Å². The SMILES string of the molecule is COc1ccc(F)c(NS(=O)(=O)c2c(CN)n[nH]c2C)c1. The van der Waals surface area contributed by atoms with Crippen LogP contribution in [0.4, 0.5) is 10.1 Å². The lowest BCUT2D eigenvalue weighted by Crippen LogP contribution is -2.17. The van der Waals surface area contributed by atoms with Gasteiger partial charge in [0.15, 0.2) is 0 Å². The number of hydrogen-bond donors (Lipinski definition) is 3. The first-order valence-corrected chi connectivity index (χ1v) is 7.47. The van der Waals surface area contributed by atoms with Gasteiger partial charge in [-0.25, -0.2) is 12.8 Å². The van der Waals surface area contributed by atoms with Gasteiger partial charge < -0.3 is 10.5 Å². The molecule has 1 heterocycles. The number of halogens is 1.